The van der Waals surface area contributed by atoms with E-state index in [2.05, 4.69) is 24.1 Å². The summed E-state index contributed by atoms with van der Waals surface area (Å²) in [7, 11) is 0. The van der Waals surface area contributed by atoms with Gasteiger partial charge in [-0.3, -0.25) is 4.90 Å². The Morgan fingerprint density at radius 1 is 1.24 bits per heavy atom. The van der Waals surface area contributed by atoms with Crippen LogP contribution in [0.15, 0.2) is 18.2 Å². The van der Waals surface area contributed by atoms with Gasteiger partial charge in [-0.25, -0.2) is 8.78 Å². The van der Waals surface area contributed by atoms with Gasteiger partial charge < -0.3 is 5.32 Å². The number of likely N-dealkylation sites (tertiary alicyclic amines) is 1. The topological polar surface area (TPSA) is 15.3 Å². The minimum absolute atomic E-state index is 0.202. The molecule has 1 unspecified atom stereocenters. The first-order chi connectivity index (χ1) is 10.1. The van der Waals surface area contributed by atoms with Crippen LogP contribution in [0.25, 0.3) is 0 Å². The summed E-state index contributed by atoms with van der Waals surface area (Å²) in [5.41, 5.74) is 0.202. The molecular formula is C17H26F2N2. The number of halogens is 2. The molecule has 1 aromatic carbocycles. The third-order valence-corrected chi connectivity index (χ3v) is 4.10. The molecule has 1 atom stereocenters. The van der Waals surface area contributed by atoms with Gasteiger partial charge in [0.25, 0.3) is 0 Å². The van der Waals surface area contributed by atoms with Crippen molar-refractivity contribution < 1.29 is 8.78 Å². The van der Waals surface area contributed by atoms with E-state index in [4.69, 9.17) is 0 Å². The van der Waals surface area contributed by atoms with E-state index in [1.165, 1.54) is 24.6 Å². The number of nitrogens with zero attached hydrogens (tertiary/aromatic N) is 1. The zero-order valence-corrected chi connectivity index (χ0v) is 13.0. The number of hydrogen-bond donors (Lipinski definition) is 1. The van der Waals surface area contributed by atoms with Gasteiger partial charge in [0, 0.05) is 24.7 Å². The van der Waals surface area contributed by atoms with Crippen molar-refractivity contribution in [2.24, 2.45) is 5.92 Å². The first-order valence-corrected chi connectivity index (χ1v) is 7.95. The van der Waals surface area contributed by atoms with Crippen LogP contribution < -0.4 is 5.32 Å². The molecule has 1 saturated heterocycles. The maximum Gasteiger partial charge on any atom is 0.130 e. The van der Waals surface area contributed by atoms with Crippen molar-refractivity contribution in [2.45, 2.75) is 45.7 Å². The van der Waals surface area contributed by atoms with Gasteiger partial charge in [-0.15, -0.1) is 0 Å². The molecule has 118 valence electrons. The predicted octanol–water partition coefficient (Wildman–Crippen LogP) is 3.56. The molecule has 2 rings (SSSR count). The highest BCUT2D eigenvalue weighted by molar-refractivity contribution is 5.19. The minimum Gasteiger partial charge on any atom is -0.315 e. The molecule has 1 N–H and O–H groups in total. The van der Waals surface area contributed by atoms with E-state index in [-0.39, 0.29) is 5.56 Å². The highest BCUT2D eigenvalue weighted by Crippen LogP contribution is 2.22. The zero-order valence-electron chi connectivity index (χ0n) is 13.0. The Morgan fingerprint density at radius 2 is 1.95 bits per heavy atom. The Labute approximate surface area is 126 Å². The van der Waals surface area contributed by atoms with E-state index < -0.39 is 11.6 Å². The second kappa shape index (κ2) is 7.85. The lowest BCUT2D eigenvalue weighted by atomic mass is 10.0. The standard InChI is InChI=1S/C17H26F2N2/c1-13(2)10-20-11-14-6-3-4-9-21(14)12-15-16(18)7-5-8-17(15)19/h5,7-8,13-14,20H,3-4,6,9-12H2,1-2H3. The van der Waals surface area contributed by atoms with Crippen LogP contribution in [0.1, 0.15) is 38.7 Å². The molecule has 0 aliphatic carbocycles. The molecule has 4 heteroatoms. The zero-order chi connectivity index (χ0) is 15.2. The van der Waals surface area contributed by atoms with E-state index in [1.807, 2.05) is 0 Å². The summed E-state index contributed by atoms with van der Waals surface area (Å²) in [6.45, 7) is 7.53. The van der Waals surface area contributed by atoms with E-state index in [1.54, 1.807) is 0 Å². The Hall–Kier alpha value is -1.00. The number of rotatable bonds is 6. The lowest BCUT2D eigenvalue weighted by Crippen LogP contribution is -2.45. The molecule has 0 bridgehead atoms. The quantitative estimate of drug-likeness (QED) is 0.863. The summed E-state index contributed by atoms with van der Waals surface area (Å²) in [6.07, 6.45) is 3.40. The van der Waals surface area contributed by atoms with Gasteiger partial charge in [-0.2, -0.15) is 0 Å². The fraction of sp³-hybridized carbons (Fsp3) is 0.647. The van der Waals surface area contributed by atoms with Crippen molar-refractivity contribution in [1.82, 2.24) is 10.2 Å². The monoisotopic (exact) mass is 296 g/mol. The van der Waals surface area contributed by atoms with E-state index in [9.17, 15) is 8.78 Å². The van der Waals surface area contributed by atoms with Gasteiger partial charge >= 0.3 is 0 Å². The van der Waals surface area contributed by atoms with E-state index in [0.717, 1.165) is 32.5 Å². The molecule has 0 spiro atoms. The lowest BCUT2D eigenvalue weighted by Gasteiger charge is -2.36. The normalized spacial score (nSPS) is 20.1. The molecule has 1 aromatic rings. The number of piperidine rings is 1. The molecule has 1 fully saturated rings. The lowest BCUT2D eigenvalue weighted by molar-refractivity contribution is 0.133. The molecule has 0 saturated carbocycles. The van der Waals surface area contributed by atoms with Crippen molar-refractivity contribution >= 4 is 0 Å². The first kappa shape index (κ1) is 16.4. The number of hydrogen-bond acceptors (Lipinski definition) is 2. The summed E-state index contributed by atoms with van der Waals surface area (Å²) in [5.74, 6) is -0.255. The van der Waals surface area contributed by atoms with Crippen molar-refractivity contribution in [1.29, 1.82) is 0 Å². The average molecular weight is 296 g/mol. The smallest absolute Gasteiger partial charge is 0.130 e. The fourth-order valence-corrected chi connectivity index (χ4v) is 2.92. The molecule has 1 aliphatic heterocycles. The predicted molar refractivity (Wildman–Crippen MR) is 82.1 cm³/mol. The fourth-order valence-electron chi connectivity index (χ4n) is 2.92. The largest absolute Gasteiger partial charge is 0.315 e. The maximum absolute atomic E-state index is 13.8. The van der Waals surface area contributed by atoms with Gasteiger partial charge in [0.05, 0.1) is 0 Å². The van der Waals surface area contributed by atoms with E-state index >= 15 is 0 Å². The van der Waals surface area contributed by atoms with Crippen molar-refractivity contribution in [2.75, 3.05) is 19.6 Å². The van der Waals surface area contributed by atoms with Crippen LogP contribution in [0.2, 0.25) is 0 Å². The highest BCUT2D eigenvalue weighted by atomic mass is 19.1. The number of nitrogens with one attached hydrogen (secondary N) is 1. The second-order valence-electron chi connectivity index (χ2n) is 6.37. The maximum atomic E-state index is 13.8. The van der Waals surface area contributed by atoms with Gasteiger partial charge in [0.15, 0.2) is 0 Å². The van der Waals surface area contributed by atoms with Gasteiger partial charge in [-0.05, 0) is 44.0 Å². The van der Waals surface area contributed by atoms with Crippen LogP contribution in [0.5, 0.6) is 0 Å². The minimum atomic E-state index is -0.436. The summed E-state index contributed by atoms with van der Waals surface area (Å²) in [4.78, 5) is 2.22. The highest BCUT2D eigenvalue weighted by Gasteiger charge is 2.24. The van der Waals surface area contributed by atoms with Crippen LogP contribution in [0, 0.1) is 17.6 Å². The Balaban J connectivity index is 1.98. The molecule has 0 amide bonds. The SMILES string of the molecule is CC(C)CNCC1CCCCN1Cc1c(F)cccc1F. The average Bonchev–Trinajstić information content (AvgIpc) is 2.44. The van der Waals surface area contributed by atoms with Gasteiger partial charge in [0.1, 0.15) is 11.6 Å². The summed E-state index contributed by atoms with van der Waals surface area (Å²) in [6, 6.07) is 4.48. The molecule has 2 nitrogen and oxygen atoms in total. The summed E-state index contributed by atoms with van der Waals surface area (Å²) < 4.78 is 27.6. The summed E-state index contributed by atoms with van der Waals surface area (Å²) in [5, 5.41) is 3.47. The summed E-state index contributed by atoms with van der Waals surface area (Å²) >= 11 is 0. The second-order valence-corrected chi connectivity index (χ2v) is 6.37. The molecular weight excluding hydrogens is 270 g/mol. The van der Waals surface area contributed by atoms with Crippen molar-refractivity contribution in [3.8, 4) is 0 Å². The van der Waals surface area contributed by atoms with Gasteiger partial charge in [0.2, 0.25) is 0 Å². The molecule has 0 aromatic heterocycles. The van der Waals surface area contributed by atoms with Gasteiger partial charge in [-0.1, -0.05) is 26.3 Å². The Morgan fingerprint density at radius 3 is 2.62 bits per heavy atom. The third kappa shape index (κ3) is 4.75. The van der Waals surface area contributed by atoms with E-state index in [0.29, 0.717) is 18.5 Å². The first-order valence-electron chi connectivity index (χ1n) is 7.95. The van der Waals surface area contributed by atoms with Crippen molar-refractivity contribution in [3.63, 3.8) is 0 Å². The third-order valence-electron chi connectivity index (χ3n) is 4.10. The van der Waals surface area contributed by atoms with Crippen LogP contribution in [-0.4, -0.2) is 30.6 Å². The van der Waals surface area contributed by atoms with Crippen LogP contribution >= 0.6 is 0 Å². The van der Waals surface area contributed by atoms with Crippen LogP contribution in [0.4, 0.5) is 8.78 Å². The Bertz CT molecular complexity index is 428. The number of benzene rings is 1. The molecule has 21 heavy (non-hydrogen) atoms. The molecule has 0 radical (unpaired) electrons. The molecule has 1 heterocycles. The van der Waals surface area contributed by atoms with Crippen molar-refractivity contribution in [3.05, 3.63) is 35.4 Å². The van der Waals surface area contributed by atoms with Crippen LogP contribution in [-0.2, 0) is 6.54 Å². The molecule has 1 aliphatic rings. The Kier molecular flexibility index (Phi) is 6.12. The van der Waals surface area contributed by atoms with Crippen LogP contribution in [0.3, 0.4) is 0 Å².